The number of nitrogens with two attached hydrogens (primary N) is 1. The minimum Gasteiger partial charge on any atom is -0.487 e. The van der Waals surface area contributed by atoms with Crippen LogP contribution in [0.15, 0.2) is 12.1 Å². The lowest BCUT2D eigenvalue weighted by Crippen LogP contribution is -2.12. The number of nitrogen functional groups attached to an aromatic ring is 1. The van der Waals surface area contributed by atoms with E-state index < -0.39 is 5.97 Å². The summed E-state index contributed by atoms with van der Waals surface area (Å²) in [6.45, 7) is 7.50. The van der Waals surface area contributed by atoms with Crippen molar-refractivity contribution in [3.8, 4) is 11.5 Å². The van der Waals surface area contributed by atoms with E-state index in [9.17, 15) is 4.79 Å². The maximum atomic E-state index is 11.9. The Morgan fingerprint density at radius 2 is 1.46 bits per heavy atom. The normalized spacial score (nSPS) is 9.71. The third kappa shape index (κ3) is 7.52. The Hall–Kier alpha value is -1.99. The van der Waals surface area contributed by atoms with Crippen LogP contribution >= 0.6 is 0 Å². The molecule has 1 aromatic rings. The van der Waals surface area contributed by atoms with E-state index in [4.69, 9.17) is 29.4 Å². The molecule has 1 aromatic carbocycles. The van der Waals surface area contributed by atoms with Gasteiger partial charge in [-0.3, -0.25) is 0 Å². The fourth-order valence-corrected chi connectivity index (χ4v) is 1.66. The Kier molecular flexibility index (Phi) is 12.3. The van der Waals surface area contributed by atoms with Crippen LogP contribution in [-0.2, 0) is 14.2 Å². The molecule has 0 amide bonds. The first-order chi connectivity index (χ1) is 11.6. The molecule has 0 saturated heterocycles. The molecule has 0 aliphatic rings. The monoisotopic (exact) mass is 343 g/mol. The van der Waals surface area contributed by atoms with Crippen LogP contribution in [0, 0.1) is 0 Å². The lowest BCUT2D eigenvalue weighted by atomic mass is 10.1. The van der Waals surface area contributed by atoms with Crippen LogP contribution in [-0.4, -0.2) is 53.2 Å². The molecule has 24 heavy (non-hydrogen) atoms. The van der Waals surface area contributed by atoms with E-state index in [0.717, 1.165) is 0 Å². The van der Waals surface area contributed by atoms with E-state index in [1.54, 1.807) is 27.2 Å². The Morgan fingerprint density at radius 3 is 1.92 bits per heavy atom. The third-order valence-corrected chi connectivity index (χ3v) is 2.70. The molecule has 2 N–H and O–H groups in total. The number of ether oxygens (including phenoxy) is 5. The number of carbonyl (C=O) groups is 1. The highest BCUT2D eigenvalue weighted by Crippen LogP contribution is 2.33. The smallest absolute Gasteiger partial charge is 0.340 e. The number of hydrogen-bond donors (Lipinski definition) is 1. The molecule has 7 nitrogen and oxygen atoms in total. The first-order valence-corrected chi connectivity index (χ1v) is 7.98. The molecule has 0 radical (unpaired) electrons. The van der Waals surface area contributed by atoms with Crippen molar-refractivity contribution in [3.05, 3.63) is 17.7 Å². The van der Waals surface area contributed by atoms with Gasteiger partial charge >= 0.3 is 5.97 Å². The number of rotatable bonds is 10. The topological polar surface area (TPSA) is 89.2 Å². The van der Waals surface area contributed by atoms with Gasteiger partial charge in [0, 0.05) is 26.4 Å². The third-order valence-electron chi connectivity index (χ3n) is 2.70. The zero-order valence-corrected chi connectivity index (χ0v) is 15.2. The van der Waals surface area contributed by atoms with Crippen molar-refractivity contribution in [2.75, 3.05) is 53.0 Å². The highest BCUT2D eigenvalue weighted by atomic mass is 16.6. The maximum absolute atomic E-state index is 11.9. The van der Waals surface area contributed by atoms with Crippen LogP contribution in [0.5, 0.6) is 11.5 Å². The van der Waals surface area contributed by atoms with E-state index in [2.05, 4.69) is 0 Å². The fourth-order valence-electron chi connectivity index (χ4n) is 1.66. The molecule has 0 saturated carbocycles. The van der Waals surface area contributed by atoms with Gasteiger partial charge in [-0.1, -0.05) is 13.8 Å². The number of carbonyl (C=O) groups excluding carboxylic acids is 1. The van der Waals surface area contributed by atoms with Gasteiger partial charge in [-0.05, 0) is 6.92 Å². The van der Waals surface area contributed by atoms with Crippen molar-refractivity contribution in [2.45, 2.75) is 20.8 Å². The Labute approximate surface area is 144 Å². The minimum absolute atomic E-state index is 0.244. The van der Waals surface area contributed by atoms with E-state index in [-0.39, 0.29) is 17.9 Å². The molecule has 138 valence electrons. The van der Waals surface area contributed by atoms with E-state index in [0.29, 0.717) is 37.9 Å². The second-order valence-corrected chi connectivity index (χ2v) is 4.29. The average Bonchev–Trinajstić information content (AvgIpc) is 2.59. The quantitative estimate of drug-likeness (QED) is 0.396. The zero-order valence-electron chi connectivity index (χ0n) is 15.2. The van der Waals surface area contributed by atoms with Crippen LogP contribution in [0.2, 0.25) is 0 Å². The van der Waals surface area contributed by atoms with E-state index in [1.165, 1.54) is 6.07 Å². The number of methoxy groups -OCH3 is 2. The lowest BCUT2D eigenvalue weighted by Gasteiger charge is -2.15. The van der Waals surface area contributed by atoms with Crippen LogP contribution in [0.1, 0.15) is 31.1 Å². The zero-order chi connectivity index (χ0) is 18.4. The molecule has 0 aliphatic heterocycles. The summed E-state index contributed by atoms with van der Waals surface area (Å²) in [6, 6.07) is 3.06. The van der Waals surface area contributed by atoms with Crippen molar-refractivity contribution < 1.29 is 28.5 Å². The first-order valence-electron chi connectivity index (χ1n) is 7.98. The first kappa shape index (κ1) is 22.0. The summed E-state index contributed by atoms with van der Waals surface area (Å²) in [5.41, 5.74) is 6.40. The molecule has 0 atom stereocenters. The van der Waals surface area contributed by atoms with E-state index in [1.807, 2.05) is 13.8 Å². The largest absolute Gasteiger partial charge is 0.487 e. The Morgan fingerprint density at radius 1 is 0.958 bits per heavy atom. The SMILES string of the molecule is CC.CCOC(=O)c1cc(OCCOC)c(OCCOC)cc1N. The summed E-state index contributed by atoms with van der Waals surface area (Å²) in [4.78, 5) is 11.9. The summed E-state index contributed by atoms with van der Waals surface area (Å²) >= 11 is 0. The number of anilines is 1. The molecule has 0 fully saturated rings. The van der Waals surface area contributed by atoms with Crippen LogP contribution in [0.4, 0.5) is 5.69 Å². The molecular formula is C17H29NO6. The molecular weight excluding hydrogens is 314 g/mol. The highest BCUT2D eigenvalue weighted by molar-refractivity contribution is 5.96. The highest BCUT2D eigenvalue weighted by Gasteiger charge is 2.17. The van der Waals surface area contributed by atoms with Crippen molar-refractivity contribution in [2.24, 2.45) is 0 Å². The standard InChI is InChI=1S/C15H23NO6.C2H6/c1-4-20-15(17)11-9-13(21-7-5-18-2)14(10-12(11)16)22-8-6-19-3;1-2/h9-10H,4-8,16H2,1-3H3;1-2H3. The Bertz CT molecular complexity index is 478. The van der Waals surface area contributed by atoms with Gasteiger partial charge in [-0.25, -0.2) is 4.79 Å². The molecule has 7 heteroatoms. The van der Waals surface area contributed by atoms with Gasteiger partial charge in [-0.2, -0.15) is 0 Å². The second kappa shape index (κ2) is 13.4. The van der Waals surface area contributed by atoms with Gasteiger partial charge in [-0.15, -0.1) is 0 Å². The van der Waals surface area contributed by atoms with Crippen LogP contribution in [0.3, 0.4) is 0 Å². The molecule has 0 aliphatic carbocycles. The predicted molar refractivity (Wildman–Crippen MR) is 92.9 cm³/mol. The van der Waals surface area contributed by atoms with Crippen LogP contribution in [0.25, 0.3) is 0 Å². The van der Waals surface area contributed by atoms with Gasteiger partial charge < -0.3 is 29.4 Å². The summed E-state index contributed by atoms with van der Waals surface area (Å²) in [5, 5.41) is 0. The maximum Gasteiger partial charge on any atom is 0.340 e. The van der Waals surface area contributed by atoms with Gasteiger partial charge in [0.25, 0.3) is 0 Å². The Balaban J connectivity index is 0.00000254. The number of benzene rings is 1. The van der Waals surface area contributed by atoms with Gasteiger partial charge in [0.15, 0.2) is 11.5 Å². The number of hydrogen-bond acceptors (Lipinski definition) is 7. The molecule has 0 heterocycles. The molecule has 0 bridgehead atoms. The van der Waals surface area contributed by atoms with Crippen molar-refractivity contribution in [3.63, 3.8) is 0 Å². The fraction of sp³-hybridized carbons (Fsp3) is 0.588. The van der Waals surface area contributed by atoms with Crippen molar-refractivity contribution in [1.82, 2.24) is 0 Å². The summed E-state index contributed by atoms with van der Waals surface area (Å²) in [5.74, 6) is 0.351. The van der Waals surface area contributed by atoms with Gasteiger partial charge in [0.2, 0.25) is 0 Å². The van der Waals surface area contributed by atoms with Crippen molar-refractivity contribution in [1.29, 1.82) is 0 Å². The molecule has 0 unspecified atom stereocenters. The second-order valence-electron chi connectivity index (χ2n) is 4.29. The van der Waals surface area contributed by atoms with Crippen LogP contribution < -0.4 is 15.2 Å². The lowest BCUT2D eigenvalue weighted by molar-refractivity contribution is 0.0527. The molecule has 0 aromatic heterocycles. The number of esters is 1. The van der Waals surface area contributed by atoms with Gasteiger partial charge in [0.1, 0.15) is 13.2 Å². The van der Waals surface area contributed by atoms with E-state index >= 15 is 0 Å². The summed E-state index contributed by atoms with van der Waals surface area (Å²) in [7, 11) is 3.16. The van der Waals surface area contributed by atoms with Gasteiger partial charge in [0.05, 0.1) is 31.1 Å². The minimum atomic E-state index is -0.500. The molecule has 1 rings (SSSR count). The summed E-state index contributed by atoms with van der Waals surface area (Å²) in [6.07, 6.45) is 0. The van der Waals surface area contributed by atoms with Crippen molar-refractivity contribution >= 4 is 11.7 Å². The average molecular weight is 343 g/mol. The summed E-state index contributed by atoms with van der Waals surface area (Å²) < 4.78 is 26.0. The predicted octanol–water partition coefficient (Wildman–Crippen LogP) is 2.52. The molecule has 0 spiro atoms.